The molecule has 1 aliphatic heterocycles. The van der Waals surface area contributed by atoms with E-state index in [-0.39, 0.29) is 37.6 Å². The van der Waals surface area contributed by atoms with E-state index in [9.17, 15) is 23.8 Å². The number of rotatable bonds is 17. The highest BCUT2D eigenvalue weighted by atomic mass is 19.3. The molecule has 6 nitrogen and oxygen atoms in total. The Balaban J connectivity index is 1.48. The molecule has 40 heavy (non-hydrogen) atoms. The summed E-state index contributed by atoms with van der Waals surface area (Å²) in [5.41, 5.74) is 1.76. The number of ether oxygens (including phenoxy) is 3. The summed E-state index contributed by atoms with van der Waals surface area (Å²) in [4.78, 5) is 12.0. The third kappa shape index (κ3) is 10.8. The normalized spacial score (nSPS) is 25.3. The van der Waals surface area contributed by atoms with E-state index >= 15 is 0 Å². The van der Waals surface area contributed by atoms with Gasteiger partial charge in [-0.25, -0.2) is 8.78 Å². The van der Waals surface area contributed by atoms with Gasteiger partial charge in [0.25, 0.3) is 5.92 Å². The summed E-state index contributed by atoms with van der Waals surface area (Å²) in [5, 5.41) is 21.2. The lowest BCUT2D eigenvalue weighted by Gasteiger charge is -2.27. The molecule has 0 radical (unpaired) electrons. The van der Waals surface area contributed by atoms with Crippen LogP contribution >= 0.6 is 0 Å². The van der Waals surface area contributed by atoms with E-state index in [1.807, 2.05) is 37.3 Å². The molecule has 1 saturated heterocycles. The lowest BCUT2D eigenvalue weighted by Crippen LogP contribution is -2.33. The van der Waals surface area contributed by atoms with E-state index in [0.717, 1.165) is 56.1 Å². The third-order valence-electron chi connectivity index (χ3n) is 7.99. The van der Waals surface area contributed by atoms with Gasteiger partial charge in [-0.05, 0) is 56.1 Å². The van der Waals surface area contributed by atoms with Gasteiger partial charge in [-0.1, -0.05) is 69.0 Å². The Kier molecular flexibility index (Phi) is 14.0. The van der Waals surface area contributed by atoms with Gasteiger partial charge in [-0.2, -0.15) is 0 Å². The largest absolute Gasteiger partial charge is 0.461 e. The monoisotopic (exact) mass is 566 g/mol. The minimum atomic E-state index is -3.15. The van der Waals surface area contributed by atoms with Crippen LogP contribution in [0.1, 0.15) is 102 Å². The van der Waals surface area contributed by atoms with Crippen molar-refractivity contribution in [2.45, 2.75) is 134 Å². The molecular formula is C32H48F2O6. The molecule has 1 heterocycles. The maximum absolute atomic E-state index is 14.4. The highest BCUT2D eigenvalue weighted by Crippen LogP contribution is 2.40. The molecule has 0 bridgehead atoms. The number of carbonyl (C=O) groups is 1. The Bertz CT molecular complexity index is 887. The summed E-state index contributed by atoms with van der Waals surface area (Å²) in [6, 6.07) is 9.58. The van der Waals surface area contributed by atoms with Crippen LogP contribution in [0.4, 0.5) is 8.78 Å². The van der Waals surface area contributed by atoms with Gasteiger partial charge in [0.2, 0.25) is 0 Å². The SMILES string of the molecule is CCCCC(F)(F)C(O)C/C=C1\[C@@H](CCCCCCC(=O)OCc2ccccc2)[C@@H](O)C[C@H]1OC1CCCCO1. The molecule has 2 fully saturated rings. The van der Waals surface area contributed by atoms with Gasteiger partial charge < -0.3 is 24.4 Å². The van der Waals surface area contributed by atoms with E-state index in [2.05, 4.69) is 0 Å². The number of halogens is 2. The predicted octanol–water partition coefficient (Wildman–Crippen LogP) is 6.87. The predicted molar refractivity (Wildman–Crippen MR) is 150 cm³/mol. The number of unbranched alkanes of at least 4 members (excludes halogenated alkanes) is 4. The van der Waals surface area contributed by atoms with Crippen LogP contribution < -0.4 is 0 Å². The van der Waals surface area contributed by atoms with Gasteiger partial charge >= 0.3 is 5.97 Å². The van der Waals surface area contributed by atoms with Crippen LogP contribution in [0.3, 0.4) is 0 Å². The first-order valence-corrected chi connectivity index (χ1v) is 15.2. The number of aliphatic hydroxyl groups is 2. The first-order valence-electron chi connectivity index (χ1n) is 15.2. The zero-order chi connectivity index (χ0) is 28.8. The van der Waals surface area contributed by atoms with Crippen molar-refractivity contribution >= 4 is 5.97 Å². The number of hydrogen-bond acceptors (Lipinski definition) is 6. The lowest BCUT2D eigenvalue weighted by molar-refractivity contribution is -0.180. The topological polar surface area (TPSA) is 85.2 Å². The zero-order valence-electron chi connectivity index (χ0n) is 23.9. The van der Waals surface area contributed by atoms with E-state index in [4.69, 9.17) is 14.2 Å². The van der Waals surface area contributed by atoms with Crippen molar-refractivity contribution in [1.82, 2.24) is 0 Å². The smallest absolute Gasteiger partial charge is 0.306 e. The van der Waals surface area contributed by atoms with Crippen LogP contribution in [-0.4, -0.2) is 53.3 Å². The van der Waals surface area contributed by atoms with Gasteiger partial charge in [0.15, 0.2) is 6.29 Å². The fourth-order valence-corrected chi connectivity index (χ4v) is 5.55. The number of carbonyl (C=O) groups excluding carboxylic acids is 1. The summed E-state index contributed by atoms with van der Waals surface area (Å²) >= 11 is 0. The molecule has 2 aliphatic rings. The van der Waals surface area contributed by atoms with Crippen molar-refractivity contribution in [2.24, 2.45) is 5.92 Å². The summed E-state index contributed by atoms with van der Waals surface area (Å²) in [7, 11) is 0. The molecule has 2 unspecified atom stereocenters. The average molecular weight is 567 g/mol. The number of esters is 1. The standard InChI is InChI=1S/C32H48F2O6/c1-2-3-20-32(33,34)29(36)19-18-26-25(27(35)22-28(26)40-31-17-11-12-21-38-31)15-9-4-5-10-16-30(37)39-23-24-13-7-6-8-14-24/h6-8,13-14,18,25,27-29,31,35-36H,2-5,9-12,15-17,19-23H2,1H3/b26-18+/t25-,27+,28-,29?,31?/m1/s1. The summed E-state index contributed by atoms with van der Waals surface area (Å²) in [6.45, 7) is 2.76. The molecular weight excluding hydrogens is 518 g/mol. The van der Waals surface area contributed by atoms with Crippen molar-refractivity contribution in [3.05, 3.63) is 47.5 Å². The highest BCUT2D eigenvalue weighted by Gasteiger charge is 2.41. The Hall–Kier alpha value is -1.87. The first-order chi connectivity index (χ1) is 19.3. The van der Waals surface area contributed by atoms with Crippen molar-refractivity contribution in [3.63, 3.8) is 0 Å². The van der Waals surface area contributed by atoms with Crippen LogP contribution in [-0.2, 0) is 25.6 Å². The highest BCUT2D eigenvalue weighted by molar-refractivity contribution is 5.69. The third-order valence-corrected chi connectivity index (χ3v) is 7.99. The second-order valence-corrected chi connectivity index (χ2v) is 11.2. The molecule has 1 saturated carbocycles. The fourth-order valence-electron chi connectivity index (χ4n) is 5.55. The summed E-state index contributed by atoms with van der Waals surface area (Å²) in [6.07, 6.45) is 6.54. The van der Waals surface area contributed by atoms with Gasteiger partial charge in [-0.3, -0.25) is 4.79 Å². The second-order valence-electron chi connectivity index (χ2n) is 11.2. The molecule has 8 heteroatoms. The number of benzene rings is 1. The quantitative estimate of drug-likeness (QED) is 0.122. The maximum Gasteiger partial charge on any atom is 0.306 e. The number of alkyl halides is 2. The molecule has 5 atom stereocenters. The van der Waals surface area contributed by atoms with Crippen molar-refractivity contribution in [2.75, 3.05) is 6.61 Å². The van der Waals surface area contributed by atoms with Gasteiger partial charge in [-0.15, -0.1) is 0 Å². The second kappa shape index (κ2) is 17.2. The minimum Gasteiger partial charge on any atom is -0.461 e. The Morgan fingerprint density at radius 3 is 2.65 bits per heavy atom. The maximum atomic E-state index is 14.4. The van der Waals surface area contributed by atoms with Crippen LogP contribution in [0, 0.1) is 5.92 Å². The average Bonchev–Trinajstić information content (AvgIpc) is 3.25. The van der Waals surface area contributed by atoms with Gasteiger partial charge in [0, 0.05) is 31.8 Å². The van der Waals surface area contributed by atoms with Crippen molar-refractivity contribution < 1.29 is 38.0 Å². The molecule has 2 N–H and O–H groups in total. The number of hydrogen-bond donors (Lipinski definition) is 2. The summed E-state index contributed by atoms with van der Waals surface area (Å²) in [5.74, 6) is -3.56. The molecule has 0 aromatic heterocycles. The van der Waals surface area contributed by atoms with E-state index in [0.29, 0.717) is 38.7 Å². The van der Waals surface area contributed by atoms with Gasteiger partial charge in [0.05, 0.1) is 12.2 Å². The molecule has 3 rings (SSSR count). The fraction of sp³-hybridized carbons (Fsp3) is 0.719. The number of aliphatic hydroxyl groups excluding tert-OH is 2. The van der Waals surface area contributed by atoms with E-state index in [1.54, 1.807) is 6.08 Å². The van der Waals surface area contributed by atoms with Crippen LogP contribution in [0.5, 0.6) is 0 Å². The molecule has 226 valence electrons. The molecule has 1 aromatic carbocycles. The Morgan fingerprint density at radius 1 is 1.15 bits per heavy atom. The lowest BCUT2D eigenvalue weighted by atomic mass is 9.91. The molecule has 0 amide bonds. The molecule has 0 spiro atoms. The molecule has 1 aliphatic carbocycles. The van der Waals surface area contributed by atoms with E-state index in [1.165, 1.54) is 0 Å². The van der Waals surface area contributed by atoms with Crippen LogP contribution in [0.15, 0.2) is 42.0 Å². The van der Waals surface area contributed by atoms with E-state index < -0.39 is 24.2 Å². The zero-order valence-corrected chi connectivity index (χ0v) is 23.9. The Labute approximate surface area is 238 Å². The minimum absolute atomic E-state index is 0.175. The van der Waals surface area contributed by atoms with Crippen molar-refractivity contribution in [3.8, 4) is 0 Å². The first kappa shape index (κ1) is 32.6. The van der Waals surface area contributed by atoms with Gasteiger partial charge in [0.1, 0.15) is 12.7 Å². The van der Waals surface area contributed by atoms with Crippen LogP contribution in [0.25, 0.3) is 0 Å². The Morgan fingerprint density at radius 2 is 1.93 bits per heavy atom. The summed E-state index contributed by atoms with van der Waals surface area (Å²) < 4.78 is 46.1. The molecule has 1 aromatic rings. The van der Waals surface area contributed by atoms with Crippen LogP contribution in [0.2, 0.25) is 0 Å². The van der Waals surface area contributed by atoms with Crippen molar-refractivity contribution in [1.29, 1.82) is 0 Å².